The smallest absolute Gasteiger partial charge is 0.0959 e. The van der Waals surface area contributed by atoms with E-state index in [2.05, 4.69) is 20.9 Å². The van der Waals surface area contributed by atoms with Gasteiger partial charge in [0, 0.05) is 15.8 Å². The van der Waals surface area contributed by atoms with Crippen LogP contribution in [0.25, 0.3) is 11.0 Å². The summed E-state index contributed by atoms with van der Waals surface area (Å²) in [4.78, 5) is 5.51. The van der Waals surface area contributed by atoms with Crippen molar-refractivity contribution in [2.75, 3.05) is 0 Å². The fourth-order valence-corrected chi connectivity index (χ4v) is 3.72. The molecule has 2 aromatic heterocycles. The molecule has 5 heteroatoms. The van der Waals surface area contributed by atoms with Crippen LogP contribution < -0.4 is 0 Å². The lowest BCUT2D eigenvalue weighted by atomic mass is 10.2. The SMILES string of the molecule is OC(Cc1sccc1Br)Cn1cnc2ccccc21. The monoisotopic (exact) mass is 336 g/mol. The van der Waals surface area contributed by atoms with Crippen LogP contribution in [0.1, 0.15) is 4.88 Å². The quantitative estimate of drug-likeness (QED) is 0.792. The molecule has 0 aliphatic rings. The van der Waals surface area contributed by atoms with Crippen LogP contribution in [0.4, 0.5) is 0 Å². The third-order valence-electron chi connectivity index (χ3n) is 3.05. The molecule has 3 nitrogen and oxygen atoms in total. The van der Waals surface area contributed by atoms with Crippen LogP contribution in [0.5, 0.6) is 0 Å². The number of imidazole rings is 1. The molecular formula is C14H13BrN2OS. The molecule has 0 saturated carbocycles. The number of fused-ring (bicyclic) bond motifs is 1. The van der Waals surface area contributed by atoms with E-state index < -0.39 is 6.10 Å². The van der Waals surface area contributed by atoms with Gasteiger partial charge in [-0.1, -0.05) is 12.1 Å². The molecule has 0 aliphatic heterocycles. The number of hydrogen-bond acceptors (Lipinski definition) is 3. The van der Waals surface area contributed by atoms with Crippen LogP contribution in [0, 0.1) is 0 Å². The summed E-state index contributed by atoms with van der Waals surface area (Å²) in [5.74, 6) is 0. The Hall–Kier alpha value is -1.17. The zero-order valence-electron chi connectivity index (χ0n) is 10.2. The third-order valence-corrected chi connectivity index (χ3v) is 5.00. The normalized spacial score (nSPS) is 12.9. The van der Waals surface area contributed by atoms with Gasteiger partial charge in [-0.05, 0) is 39.5 Å². The van der Waals surface area contributed by atoms with Crippen molar-refractivity contribution < 1.29 is 5.11 Å². The average molecular weight is 337 g/mol. The summed E-state index contributed by atoms with van der Waals surface area (Å²) >= 11 is 5.15. The fraction of sp³-hybridized carbons (Fsp3) is 0.214. The molecule has 2 heterocycles. The number of halogens is 1. The number of aromatic nitrogens is 2. The molecule has 98 valence electrons. The van der Waals surface area contributed by atoms with Crippen molar-refractivity contribution in [1.29, 1.82) is 0 Å². The molecule has 0 saturated heterocycles. The van der Waals surface area contributed by atoms with Crippen LogP contribution in [-0.2, 0) is 13.0 Å². The summed E-state index contributed by atoms with van der Waals surface area (Å²) in [7, 11) is 0. The second-order valence-corrected chi connectivity index (χ2v) is 6.29. The number of hydrogen-bond donors (Lipinski definition) is 1. The molecule has 0 radical (unpaired) electrons. The zero-order chi connectivity index (χ0) is 13.2. The van der Waals surface area contributed by atoms with Crippen LogP contribution in [0.15, 0.2) is 46.5 Å². The van der Waals surface area contributed by atoms with Crippen molar-refractivity contribution in [3.05, 3.63) is 51.4 Å². The Labute approximate surface area is 123 Å². The van der Waals surface area contributed by atoms with Crippen molar-refractivity contribution >= 4 is 38.3 Å². The lowest BCUT2D eigenvalue weighted by Crippen LogP contribution is -2.17. The first-order valence-electron chi connectivity index (χ1n) is 6.04. The highest BCUT2D eigenvalue weighted by atomic mass is 79.9. The average Bonchev–Trinajstić information content (AvgIpc) is 2.98. The molecular weight excluding hydrogens is 324 g/mol. The molecule has 1 unspecified atom stereocenters. The van der Waals surface area contributed by atoms with E-state index in [1.165, 1.54) is 4.88 Å². The maximum absolute atomic E-state index is 10.2. The third kappa shape index (κ3) is 2.73. The minimum atomic E-state index is -0.410. The largest absolute Gasteiger partial charge is 0.391 e. The summed E-state index contributed by atoms with van der Waals surface area (Å²) in [5, 5.41) is 12.2. The summed E-state index contributed by atoms with van der Waals surface area (Å²) in [6, 6.07) is 9.98. The van der Waals surface area contributed by atoms with Crippen molar-refractivity contribution in [2.24, 2.45) is 0 Å². The predicted octanol–water partition coefficient (Wildman–Crippen LogP) is 3.46. The first-order valence-corrected chi connectivity index (χ1v) is 7.71. The van der Waals surface area contributed by atoms with Crippen molar-refractivity contribution in [1.82, 2.24) is 9.55 Å². The van der Waals surface area contributed by atoms with Gasteiger partial charge in [-0.15, -0.1) is 11.3 Å². The van der Waals surface area contributed by atoms with E-state index in [1.54, 1.807) is 17.7 Å². The van der Waals surface area contributed by atoms with Gasteiger partial charge in [0.1, 0.15) is 0 Å². The van der Waals surface area contributed by atoms with E-state index in [1.807, 2.05) is 40.3 Å². The molecule has 0 aliphatic carbocycles. The molecule has 0 amide bonds. The zero-order valence-corrected chi connectivity index (χ0v) is 12.6. The lowest BCUT2D eigenvalue weighted by Gasteiger charge is -2.11. The molecule has 3 rings (SSSR count). The predicted molar refractivity (Wildman–Crippen MR) is 81.5 cm³/mol. The van der Waals surface area contributed by atoms with E-state index in [9.17, 15) is 5.11 Å². The topological polar surface area (TPSA) is 38.0 Å². The van der Waals surface area contributed by atoms with E-state index in [0.717, 1.165) is 15.5 Å². The van der Waals surface area contributed by atoms with Crippen molar-refractivity contribution in [3.63, 3.8) is 0 Å². The molecule has 0 bridgehead atoms. The Bertz CT molecular complexity index is 691. The minimum Gasteiger partial charge on any atom is -0.391 e. The van der Waals surface area contributed by atoms with Gasteiger partial charge in [-0.2, -0.15) is 0 Å². The Morgan fingerprint density at radius 3 is 2.95 bits per heavy atom. The number of thiophene rings is 1. The Balaban J connectivity index is 1.76. The van der Waals surface area contributed by atoms with Gasteiger partial charge >= 0.3 is 0 Å². The van der Waals surface area contributed by atoms with E-state index in [4.69, 9.17) is 0 Å². The Morgan fingerprint density at radius 1 is 1.32 bits per heavy atom. The van der Waals surface area contributed by atoms with Gasteiger partial charge in [-0.3, -0.25) is 0 Å². The van der Waals surface area contributed by atoms with Crippen LogP contribution in [-0.4, -0.2) is 20.8 Å². The van der Waals surface area contributed by atoms with E-state index >= 15 is 0 Å². The van der Waals surface area contributed by atoms with Crippen molar-refractivity contribution in [2.45, 2.75) is 19.1 Å². The summed E-state index contributed by atoms with van der Waals surface area (Å²) in [6.07, 6.45) is 2.04. The maximum atomic E-state index is 10.2. The van der Waals surface area contributed by atoms with Gasteiger partial charge < -0.3 is 9.67 Å². The molecule has 0 fully saturated rings. The van der Waals surface area contributed by atoms with Gasteiger partial charge in [0.05, 0.1) is 30.0 Å². The van der Waals surface area contributed by atoms with Crippen molar-refractivity contribution in [3.8, 4) is 0 Å². The van der Waals surface area contributed by atoms with Crippen LogP contribution in [0.3, 0.4) is 0 Å². The first kappa shape index (κ1) is 12.8. The Morgan fingerprint density at radius 2 is 2.16 bits per heavy atom. The molecule has 1 aromatic carbocycles. The summed E-state index contributed by atoms with van der Waals surface area (Å²) in [5.41, 5.74) is 2.03. The number of para-hydroxylation sites is 2. The highest BCUT2D eigenvalue weighted by molar-refractivity contribution is 9.10. The van der Waals surface area contributed by atoms with Crippen LogP contribution in [0.2, 0.25) is 0 Å². The molecule has 19 heavy (non-hydrogen) atoms. The number of aliphatic hydroxyl groups is 1. The van der Waals surface area contributed by atoms with E-state index in [-0.39, 0.29) is 0 Å². The lowest BCUT2D eigenvalue weighted by molar-refractivity contribution is 0.156. The highest BCUT2D eigenvalue weighted by Gasteiger charge is 2.11. The highest BCUT2D eigenvalue weighted by Crippen LogP contribution is 2.24. The number of nitrogens with zero attached hydrogens (tertiary/aromatic N) is 2. The van der Waals surface area contributed by atoms with E-state index in [0.29, 0.717) is 13.0 Å². The number of rotatable bonds is 4. The maximum Gasteiger partial charge on any atom is 0.0959 e. The van der Waals surface area contributed by atoms with Crippen LogP contribution >= 0.6 is 27.3 Å². The second-order valence-electron chi connectivity index (χ2n) is 4.44. The molecule has 3 aromatic rings. The minimum absolute atomic E-state index is 0.410. The summed E-state index contributed by atoms with van der Waals surface area (Å²) < 4.78 is 3.08. The van der Waals surface area contributed by atoms with Gasteiger partial charge in [0.15, 0.2) is 0 Å². The number of benzene rings is 1. The second kappa shape index (κ2) is 5.45. The van der Waals surface area contributed by atoms with Gasteiger partial charge in [-0.25, -0.2) is 4.98 Å². The Kier molecular flexibility index (Phi) is 3.68. The number of aliphatic hydroxyl groups excluding tert-OH is 1. The molecule has 1 N–H and O–H groups in total. The van der Waals surface area contributed by atoms with Gasteiger partial charge in [0.25, 0.3) is 0 Å². The molecule has 0 spiro atoms. The fourth-order valence-electron chi connectivity index (χ4n) is 2.13. The summed E-state index contributed by atoms with van der Waals surface area (Å²) in [6.45, 7) is 0.560. The standard InChI is InChI=1S/C14H13BrN2OS/c15-11-5-6-19-14(11)7-10(18)8-17-9-16-12-3-1-2-4-13(12)17/h1-6,9-10,18H,7-8H2. The first-order chi connectivity index (χ1) is 9.24. The van der Waals surface area contributed by atoms with Gasteiger partial charge in [0.2, 0.25) is 0 Å². The molecule has 1 atom stereocenters.